The summed E-state index contributed by atoms with van der Waals surface area (Å²) in [7, 11) is 0. The first-order valence-corrected chi connectivity index (χ1v) is 7.27. The van der Waals surface area contributed by atoms with Crippen LogP contribution in [0.1, 0.15) is 19.8 Å². The maximum atomic E-state index is 11.6. The Bertz CT molecular complexity index is 508. The van der Waals surface area contributed by atoms with Gasteiger partial charge in [0.05, 0.1) is 16.0 Å². The first-order chi connectivity index (χ1) is 9.93. The second-order valence-electron chi connectivity index (χ2n) is 4.49. The van der Waals surface area contributed by atoms with Crippen LogP contribution in [-0.4, -0.2) is 30.1 Å². The first-order valence-electron chi connectivity index (χ1n) is 6.51. The Morgan fingerprint density at radius 3 is 2.62 bits per heavy atom. The van der Waals surface area contributed by atoms with Crippen molar-refractivity contribution < 1.29 is 19.4 Å². The fraction of sp³-hybridized carbons (Fsp3) is 0.429. The fourth-order valence-electron chi connectivity index (χ4n) is 1.66. The highest BCUT2D eigenvalue weighted by Gasteiger charge is 2.17. The van der Waals surface area contributed by atoms with Gasteiger partial charge in [-0.2, -0.15) is 0 Å². The number of carboxylic acid groups (broad SMARTS) is 1. The molecule has 0 bridgehead atoms. The summed E-state index contributed by atoms with van der Waals surface area (Å²) in [5, 5.41) is 12.3. The number of nitrogens with one attached hydrogen (secondary N) is 1. The zero-order chi connectivity index (χ0) is 15.8. The minimum absolute atomic E-state index is 0.0900. The van der Waals surface area contributed by atoms with Crippen LogP contribution >= 0.6 is 23.2 Å². The molecule has 0 saturated carbocycles. The summed E-state index contributed by atoms with van der Waals surface area (Å²) in [6.07, 6.45) is 1.26. The summed E-state index contributed by atoms with van der Waals surface area (Å²) in [4.78, 5) is 22.6. The van der Waals surface area contributed by atoms with Gasteiger partial charge < -0.3 is 15.2 Å². The summed E-state index contributed by atoms with van der Waals surface area (Å²) in [6.45, 7) is 1.77. The second-order valence-corrected chi connectivity index (χ2v) is 5.31. The molecule has 0 aliphatic heterocycles. The number of ether oxygens (including phenoxy) is 1. The standard InChI is InChI=1S/C14H17Cl2NO4/c1-2-3-9(14(19)20)7-17-13(18)8-21-10-4-5-11(15)12(16)6-10/h4-6,9H,2-3,7-8H2,1H3,(H,17,18)(H,19,20). The topological polar surface area (TPSA) is 75.6 Å². The molecule has 0 heterocycles. The highest BCUT2D eigenvalue weighted by Crippen LogP contribution is 2.26. The lowest BCUT2D eigenvalue weighted by Gasteiger charge is -2.13. The molecular formula is C14H17Cl2NO4. The van der Waals surface area contributed by atoms with Crippen LogP contribution in [0.15, 0.2) is 18.2 Å². The van der Waals surface area contributed by atoms with Crippen molar-refractivity contribution in [3.63, 3.8) is 0 Å². The molecule has 0 fully saturated rings. The molecule has 2 N–H and O–H groups in total. The number of halogens is 2. The van der Waals surface area contributed by atoms with Crippen LogP contribution in [0.3, 0.4) is 0 Å². The van der Waals surface area contributed by atoms with E-state index in [0.29, 0.717) is 22.2 Å². The summed E-state index contributed by atoms with van der Waals surface area (Å²) in [5.41, 5.74) is 0. The zero-order valence-electron chi connectivity index (χ0n) is 11.6. The molecule has 1 unspecified atom stereocenters. The lowest BCUT2D eigenvalue weighted by Crippen LogP contribution is -2.35. The quantitative estimate of drug-likeness (QED) is 0.766. The summed E-state index contributed by atoms with van der Waals surface area (Å²) in [5.74, 6) is -1.46. The Morgan fingerprint density at radius 2 is 2.05 bits per heavy atom. The minimum Gasteiger partial charge on any atom is -0.484 e. The van der Waals surface area contributed by atoms with E-state index in [-0.39, 0.29) is 19.1 Å². The van der Waals surface area contributed by atoms with Gasteiger partial charge in [-0.3, -0.25) is 9.59 Å². The average Bonchev–Trinajstić information content (AvgIpc) is 2.44. The molecule has 1 amide bonds. The van der Waals surface area contributed by atoms with Crippen molar-refractivity contribution in [2.24, 2.45) is 5.92 Å². The van der Waals surface area contributed by atoms with Gasteiger partial charge in [-0.25, -0.2) is 0 Å². The SMILES string of the molecule is CCCC(CNC(=O)COc1ccc(Cl)c(Cl)c1)C(=O)O. The smallest absolute Gasteiger partial charge is 0.308 e. The number of carboxylic acids is 1. The van der Waals surface area contributed by atoms with Gasteiger partial charge in [-0.15, -0.1) is 0 Å². The van der Waals surface area contributed by atoms with Gasteiger partial charge in [-0.05, 0) is 18.6 Å². The van der Waals surface area contributed by atoms with Crippen LogP contribution in [-0.2, 0) is 9.59 Å². The lowest BCUT2D eigenvalue weighted by molar-refractivity contribution is -0.142. The number of carbonyl (C=O) groups is 2. The molecule has 1 aromatic rings. The Morgan fingerprint density at radius 1 is 1.33 bits per heavy atom. The Kier molecular flexibility index (Phi) is 7.32. The molecule has 0 spiro atoms. The molecule has 1 rings (SSSR count). The number of rotatable bonds is 8. The molecule has 7 heteroatoms. The molecule has 21 heavy (non-hydrogen) atoms. The van der Waals surface area contributed by atoms with E-state index in [4.69, 9.17) is 33.0 Å². The number of carbonyl (C=O) groups excluding carboxylic acids is 1. The van der Waals surface area contributed by atoms with Gasteiger partial charge in [0.25, 0.3) is 5.91 Å². The minimum atomic E-state index is -0.914. The van der Waals surface area contributed by atoms with Crippen molar-refractivity contribution in [3.05, 3.63) is 28.2 Å². The predicted molar refractivity (Wildman–Crippen MR) is 81.0 cm³/mol. The molecular weight excluding hydrogens is 317 g/mol. The number of amides is 1. The Balaban J connectivity index is 2.39. The van der Waals surface area contributed by atoms with Crippen molar-refractivity contribution in [3.8, 4) is 5.75 Å². The first kappa shape index (κ1) is 17.6. The third-order valence-corrected chi connectivity index (χ3v) is 3.53. The van der Waals surface area contributed by atoms with Gasteiger partial charge in [0.15, 0.2) is 6.61 Å². The van der Waals surface area contributed by atoms with Gasteiger partial charge in [-0.1, -0.05) is 36.5 Å². The normalized spacial score (nSPS) is 11.8. The maximum Gasteiger partial charge on any atom is 0.308 e. The van der Waals surface area contributed by atoms with E-state index in [1.165, 1.54) is 6.07 Å². The van der Waals surface area contributed by atoms with Crippen molar-refractivity contribution in [2.75, 3.05) is 13.2 Å². The zero-order valence-corrected chi connectivity index (χ0v) is 13.1. The van der Waals surface area contributed by atoms with Crippen molar-refractivity contribution in [1.82, 2.24) is 5.32 Å². The largest absolute Gasteiger partial charge is 0.484 e. The van der Waals surface area contributed by atoms with E-state index >= 15 is 0 Å². The van der Waals surface area contributed by atoms with Gasteiger partial charge in [0.2, 0.25) is 0 Å². The maximum absolute atomic E-state index is 11.6. The molecule has 5 nitrogen and oxygen atoms in total. The number of hydrogen-bond donors (Lipinski definition) is 2. The van der Waals surface area contributed by atoms with E-state index in [0.717, 1.165) is 6.42 Å². The van der Waals surface area contributed by atoms with Crippen LogP contribution in [0.25, 0.3) is 0 Å². The Hall–Kier alpha value is -1.46. The van der Waals surface area contributed by atoms with Crippen LogP contribution in [0.4, 0.5) is 0 Å². The third kappa shape index (κ3) is 6.23. The monoisotopic (exact) mass is 333 g/mol. The van der Waals surface area contributed by atoms with Crippen molar-refractivity contribution in [2.45, 2.75) is 19.8 Å². The van der Waals surface area contributed by atoms with Gasteiger partial charge in [0.1, 0.15) is 5.75 Å². The van der Waals surface area contributed by atoms with E-state index < -0.39 is 11.9 Å². The van der Waals surface area contributed by atoms with E-state index in [1.54, 1.807) is 12.1 Å². The number of hydrogen-bond acceptors (Lipinski definition) is 3. The molecule has 0 saturated heterocycles. The van der Waals surface area contributed by atoms with Crippen LogP contribution < -0.4 is 10.1 Å². The van der Waals surface area contributed by atoms with E-state index in [2.05, 4.69) is 5.32 Å². The Labute approximate surface area is 133 Å². The second kappa shape index (κ2) is 8.74. The molecule has 1 atom stereocenters. The van der Waals surface area contributed by atoms with Crippen LogP contribution in [0, 0.1) is 5.92 Å². The third-order valence-electron chi connectivity index (χ3n) is 2.79. The summed E-state index contributed by atoms with van der Waals surface area (Å²) in [6, 6.07) is 4.67. The van der Waals surface area contributed by atoms with Gasteiger partial charge >= 0.3 is 5.97 Å². The van der Waals surface area contributed by atoms with E-state index in [9.17, 15) is 9.59 Å². The predicted octanol–water partition coefficient (Wildman–Crippen LogP) is 2.99. The van der Waals surface area contributed by atoms with Crippen molar-refractivity contribution in [1.29, 1.82) is 0 Å². The van der Waals surface area contributed by atoms with Gasteiger partial charge in [0, 0.05) is 12.6 Å². The molecule has 0 aliphatic carbocycles. The van der Waals surface area contributed by atoms with Crippen LogP contribution in [0.5, 0.6) is 5.75 Å². The lowest BCUT2D eigenvalue weighted by atomic mass is 10.0. The fourth-order valence-corrected chi connectivity index (χ4v) is 1.95. The van der Waals surface area contributed by atoms with E-state index in [1.807, 2.05) is 6.92 Å². The molecule has 0 aliphatic rings. The highest BCUT2D eigenvalue weighted by atomic mass is 35.5. The highest BCUT2D eigenvalue weighted by molar-refractivity contribution is 6.42. The van der Waals surface area contributed by atoms with Crippen molar-refractivity contribution >= 4 is 35.1 Å². The molecule has 116 valence electrons. The summed E-state index contributed by atoms with van der Waals surface area (Å²) < 4.78 is 5.25. The average molecular weight is 334 g/mol. The van der Waals surface area contributed by atoms with Crippen LogP contribution in [0.2, 0.25) is 10.0 Å². The number of benzene rings is 1. The number of aliphatic carboxylic acids is 1. The summed E-state index contributed by atoms with van der Waals surface area (Å²) >= 11 is 11.6. The molecule has 0 aromatic heterocycles. The molecule has 1 aromatic carbocycles. The molecule has 0 radical (unpaired) electrons.